The van der Waals surface area contributed by atoms with Gasteiger partial charge in [-0.15, -0.1) is 0 Å². The number of hydrogen-bond donors (Lipinski definition) is 1. The fraction of sp³-hybridized carbons (Fsp3) is 0.111. The summed E-state index contributed by atoms with van der Waals surface area (Å²) < 4.78 is 10.1. The number of nitrogens with two attached hydrogens (primary N) is 1. The van der Waals surface area contributed by atoms with Crippen molar-refractivity contribution in [2.45, 2.75) is 6.04 Å². The van der Waals surface area contributed by atoms with Gasteiger partial charge in [0.15, 0.2) is 0 Å². The Morgan fingerprint density at radius 2 is 2.07 bits per heavy atom. The Kier molecular flexibility index (Phi) is 4.64. The first-order valence-corrected chi connectivity index (χ1v) is 4.82. The molecular weight excluding hydrogens is 217 g/mol. The van der Waals surface area contributed by atoms with Crippen LogP contribution in [-0.2, 0) is 14.2 Å². The number of rotatable bonds is 3. The summed E-state index contributed by atoms with van der Waals surface area (Å²) in [5.41, 5.74) is 7.34. The Hall–Kier alpha value is -1.54. The monoisotopic (exact) mass is 225 g/mol. The molecule has 0 bridgehead atoms. The summed E-state index contributed by atoms with van der Waals surface area (Å²) in [4.78, 5) is 20.1. The Morgan fingerprint density at radius 1 is 1.40 bits per heavy atom. The third-order valence-corrected chi connectivity index (χ3v) is 1.79. The molecule has 0 aromatic heterocycles. The van der Waals surface area contributed by atoms with E-state index in [-0.39, 0.29) is 0 Å². The first kappa shape index (κ1) is 11.5. The van der Waals surface area contributed by atoms with Crippen LogP contribution in [0.1, 0.15) is 0 Å². The number of carbonyl (C=O) groups excluding carboxylic acids is 1. The molecule has 0 saturated heterocycles. The van der Waals surface area contributed by atoms with Gasteiger partial charge in [0.2, 0.25) is 0 Å². The number of carbonyl (C=O) groups is 1. The van der Waals surface area contributed by atoms with Gasteiger partial charge in [-0.3, -0.25) is 0 Å². The molecule has 1 aromatic carbocycles. The molecule has 6 heteroatoms. The Labute approximate surface area is 87.2 Å². The topological polar surface area (TPSA) is 78.6 Å². The Bertz CT molecular complexity index is 428. The van der Waals surface area contributed by atoms with Gasteiger partial charge in [-0.25, -0.2) is 0 Å². The van der Waals surface area contributed by atoms with Gasteiger partial charge < -0.3 is 0 Å². The van der Waals surface area contributed by atoms with Crippen LogP contribution in [-0.4, -0.2) is 12.0 Å². The van der Waals surface area contributed by atoms with E-state index in [1.54, 1.807) is 30.3 Å². The number of para-hydroxylation sites is 1. The van der Waals surface area contributed by atoms with Crippen LogP contribution in [0.2, 0.25) is 0 Å². The molecule has 15 heavy (non-hydrogen) atoms. The second kappa shape index (κ2) is 6.04. The summed E-state index contributed by atoms with van der Waals surface area (Å²) in [7, 11) is -0.451. The van der Waals surface area contributed by atoms with Crippen LogP contribution in [0.25, 0.3) is 0 Å². The third-order valence-electron chi connectivity index (χ3n) is 1.41. The summed E-state index contributed by atoms with van der Waals surface area (Å²) in [6.07, 6.45) is 0. The van der Waals surface area contributed by atoms with Gasteiger partial charge in [0.25, 0.3) is 0 Å². The van der Waals surface area contributed by atoms with Crippen molar-refractivity contribution in [3.05, 3.63) is 30.3 Å². The summed E-state index contributed by atoms with van der Waals surface area (Å²) >= 11 is 0. The summed E-state index contributed by atoms with van der Waals surface area (Å²) in [5, 5.41) is 0. The van der Waals surface area contributed by atoms with E-state index in [1.165, 1.54) is 0 Å². The van der Waals surface area contributed by atoms with E-state index in [9.17, 15) is 9.36 Å². The third kappa shape index (κ3) is 4.00. The summed E-state index contributed by atoms with van der Waals surface area (Å²) in [6.45, 7) is 0. The molecule has 0 unspecified atom stereocenters. The van der Waals surface area contributed by atoms with Crippen molar-refractivity contribution in [3.8, 4) is 11.4 Å². The fourth-order valence-electron chi connectivity index (χ4n) is 0.727. The average Bonchev–Trinajstić information content (AvgIpc) is 2.27. The van der Waals surface area contributed by atoms with E-state index in [4.69, 9.17) is 5.73 Å². The van der Waals surface area contributed by atoms with Crippen molar-refractivity contribution < 1.29 is 19.1 Å². The summed E-state index contributed by atoms with van der Waals surface area (Å²) in [6, 6.07) is 7.26. The average molecular weight is 225 g/mol. The van der Waals surface area contributed by atoms with Crippen molar-refractivity contribution in [2.24, 2.45) is 5.73 Å². The van der Waals surface area contributed by atoms with Gasteiger partial charge in [0.1, 0.15) is 0 Å². The summed E-state index contributed by atoms with van der Waals surface area (Å²) in [5.74, 6) is -0.486. The van der Waals surface area contributed by atoms with E-state index in [2.05, 4.69) is 15.4 Å². The molecule has 1 atom stereocenters. The SMILES string of the molecule is N[C@@H](C#P=O)C(=O)OOc1ccccc1. The number of benzene rings is 1. The van der Waals surface area contributed by atoms with Gasteiger partial charge in [0, 0.05) is 0 Å². The minimum atomic E-state index is -1.19. The quantitative estimate of drug-likeness (QED) is 0.473. The molecular formula is C9H8NO4P. The number of hydrogen-bond acceptors (Lipinski definition) is 5. The van der Waals surface area contributed by atoms with E-state index in [1.807, 2.05) is 0 Å². The minimum absolute atomic E-state index is 0.373. The van der Waals surface area contributed by atoms with Crippen molar-refractivity contribution >= 4 is 13.9 Å². The zero-order chi connectivity index (χ0) is 11.1. The molecule has 1 rings (SSSR count). The fourth-order valence-corrected chi connectivity index (χ4v) is 0.946. The molecule has 0 amide bonds. The molecule has 2 N–H and O–H groups in total. The van der Waals surface area contributed by atoms with Gasteiger partial charge in [-0.2, -0.15) is 0 Å². The van der Waals surface area contributed by atoms with Gasteiger partial charge in [-0.1, -0.05) is 0 Å². The predicted octanol–water partition coefficient (Wildman–Crippen LogP) is 1.10. The van der Waals surface area contributed by atoms with Crippen molar-refractivity contribution in [1.82, 2.24) is 0 Å². The van der Waals surface area contributed by atoms with E-state index >= 15 is 0 Å². The first-order valence-electron chi connectivity index (χ1n) is 4.01. The molecule has 0 aliphatic heterocycles. The van der Waals surface area contributed by atoms with Crippen LogP contribution < -0.4 is 10.6 Å². The molecule has 0 spiro atoms. The van der Waals surface area contributed by atoms with Gasteiger partial charge in [-0.05, 0) is 0 Å². The zero-order valence-electron chi connectivity index (χ0n) is 7.62. The second-order valence-electron chi connectivity index (χ2n) is 2.50. The van der Waals surface area contributed by atoms with E-state index in [0.717, 1.165) is 0 Å². The van der Waals surface area contributed by atoms with Crippen LogP contribution in [0.5, 0.6) is 5.75 Å². The molecule has 0 aliphatic carbocycles. The van der Waals surface area contributed by atoms with Gasteiger partial charge >= 0.3 is 86.5 Å². The predicted molar refractivity (Wildman–Crippen MR) is 52.6 cm³/mol. The van der Waals surface area contributed by atoms with E-state index < -0.39 is 19.9 Å². The van der Waals surface area contributed by atoms with E-state index in [0.29, 0.717) is 5.75 Å². The second-order valence-corrected chi connectivity index (χ2v) is 2.94. The van der Waals surface area contributed by atoms with Crippen LogP contribution in [0, 0.1) is 5.63 Å². The maximum absolute atomic E-state index is 11.0. The molecule has 5 nitrogen and oxygen atoms in total. The molecule has 0 saturated carbocycles. The van der Waals surface area contributed by atoms with Gasteiger partial charge in [0.05, 0.1) is 0 Å². The first-order chi connectivity index (χ1) is 7.24. The standard InChI is InChI=1S/C9H8NO4P/c10-8(6-15-12)9(11)14-13-7-4-2-1-3-5-7/h1-5,8H,10H2/t8-/m0/s1. The zero-order valence-corrected chi connectivity index (χ0v) is 8.52. The molecule has 78 valence electrons. The molecule has 0 radical (unpaired) electrons. The molecule has 0 aliphatic rings. The Balaban J connectivity index is 2.47. The normalized spacial score (nSPS) is 11.0. The van der Waals surface area contributed by atoms with Crippen LogP contribution in [0.4, 0.5) is 0 Å². The van der Waals surface area contributed by atoms with Crippen molar-refractivity contribution in [1.29, 1.82) is 0 Å². The molecule has 1 aromatic rings. The van der Waals surface area contributed by atoms with Crippen LogP contribution in [0.15, 0.2) is 30.3 Å². The molecule has 0 heterocycles. The van der Waals surface area contributed by atoms with Crippen LogP contribution >= 0.6 is 7.92 Å². The molecule has 0 fully saturated rings. The Morgan fingerprint density at radius 3 is 2.67 bits per heavy atom. The maximum atomic E-state index is 11.0. The van der Waals surface area contributed by atoms with Crippen molar-refractivity contribution in [2.75, 3.05) is 0 Å². The van der Waals surface area contributed by atoms with Crippen molar-refractivity contribution in [3.63, 3.8) is 0 Å². The van der Waals surface area contributed by atoms with Crippen LogP contribution in [0.3, 0.4) is 0 Å².